The highest BCUT2D eigenvalue weighted by molar-refractivity contribution is 9.10. The fourth-order valence-corrected chi connectivity index (χ4v) is 3.13. The van der Waals surface area contributed by atoms with Gasteiger partial charge < -0.3 is 5.32 Å². The summed E-state index contributed by atoms with van der Waals surface area (Å²) in [5.41, 5.74) is 1.86. The van der Waals surface area contributed by atoms with Crippen molar-refractivity contribution in [3.63, 3.8) is 0 Å². The van der Waals surface area contributed by atoms with Gasteiger partial charge in [0.25, 0.3) is 0 Å². The quantitative estimate of drug-likeness (QED) is 0.836. The van der Waals surface area contributed by atoms with Crippen molar-refractivity contribution in [3.8, 4) is 0 Å². The van der Waals surface area contributed by atoms with Gasteiger partial charge >= 0.3 is 0 Å². The van der Waals surface area contributed by atoms with Crippen LogP contribution in [-0.2, 0) is 6.54 Å². The minimum absolute atomic E-state index is 0.180. The van der Waals surface area contributed by atoms with Crippen molar-refractivity contribution in [2.45, 2.75) is 31.3 Å². The summed E-state index contributed by atoms with van der Waals surface area (Å²) in [4.78, 5) is 0. The predicted molar refractivity (Wildman–Crippen MR) is 83.1 cm³/mol. The summed E-state index contributed by atoms with van der Waals surface area (Å²) in [5, 5.41) is 3.38. The van der Waals surface area contributed by atoms with Crippen LogP contribution in [0.3, 0.4) is 0 Å². The maximum Gasteiger partial charge on any atom is 0.127 e. The minimum atomic E-state index is -0.196. The number of nitrogens with one attached hydrogen (secondary N) is 1. The lowest BCUT2D eigenvalue weighted by atomic mass is 9.76. The molecule has 21 heavy (non-hydrogen) atoms. The van der Waals surface area contributed by atoms with Gasteiger partial charge in [-0.05, 0) is 54.7 Å². The average molecular weight is 352 g/mol. The van der Waals surface area contributed by atoms with E-state index in [-0.39, 0.29) is 11.6 Å². The Morgan fingerprint density at radius 1 is 1.05 bits per heavy atom. The van der Waals surface area contributed by atoms with Gasteiger partial charge in [-0.3, -0.25) is 0 Å². The first kappa shape index (κ1) is 14.7. The van der Waals surface area contributed by atoms with Gasteiger partial charge in [-0.1, -0.05) is 28.1 Å². The van der Waals surface area contributed by atoms with Crippen LogP contribution in [0.5, 0.6) is 0 Å². The molecule has 0 amide bonds. The highest BCUT2D eigenvalue weighted by Gasteiger charge is 2.29. The molecule has 0 saturated heterocycles. The van der Waals surface area contributed by atoms with Crippen molar-refractivity contribution >= 4 is 15.9 Å². The van der Waals surface area contributed by atoms with Gasteiger partial charge in [0.05, 0.1) is 0 Å². The molecule has 0 aliphatic heterocycles. The smallest absolute Gasteiger partial charge is 0.127 e. The largest absolute Gasteiger partial charge is 0.310 e. The molecule has 4 heteroatoms. The highest BCUT2D eigenvalue weighted by Crippen LogP contribution is 2.37. The third kappa shape index (κ3) is 3.50. The molecule has 110 valence electrons. The van der Waals surface area contributed by atoms with E-state index in [1.165, 1.54) is 23.8 Å². The van der Waals surface area contributed by atoms with E-state index in [1.54, 1.807) is 12.1 Å². The van der Waals surface area contributed by atoms with E-state index in [0.29, 0.717) is 24.1 Å². The number of rotatable bonds is 4. The molecule has 0 radical (unpaired) electrons. The zero-order valence-electron chi connectivity index (χ0n) is 11.5. The second-order valence-electron chi connectivity index (χ2n) is 5.53. The maximum atomic E-state index is 13.6. The van der Waals surface area contributed by atoms with Gasteiger partial charge in [0, 0.05) is 22.6 Å². The molecule has 0 heterocycles. The van der Waals surface area contributed by atoms with Gasteiger partial charge in [-0.25, -0.2) is 8.78 Å². The SMILES string of the molecule is Fc1ccc(C2CC(NCc3cc(Br)ccc3F)C2)cc1. The van der Waals surface area contributed by atoms with E-state index in [4.69, 9.17) is 0 Å². The molecule has 1 saturated carbocycles. The van der Waals surface area contributed by atoms with Gasteiger partial charge in [-0.15, -0.1) is 0 Å². The van der Waals surface area contributed by atoms with E-state index in [0.717, 1.165) is 17.3 Å². The van der Waals surface area contributed by atoms with Gasteiger partial charge in [0.2, 0.25) is 0 Å². The van der Waals surface area contributed by atoms with Crippen molar-refractivity contribution < 1.29 is 8.78 Å². The zero-order chi connectivity index (χ0) is 14.8. The van der Waals surface area contributed by atoms with E-state index in [1.807, 2.05) is 12.1 Å². The third-order valence-electron chi connectivity index (χ3n) is 4.07. The first-order valence-corrected chi connectivity index (χ1v) is 7.84. The summed E-state index contributed by atoms with van der Waals surface area (Å²) in [6.45, 7) is 0.534. The number of hydrogen-bond donors (Lipinski definition) is 1. The van der Waals surface area contributed by atoms with Crippen molar-refractivity contribution in [1.82, 2.24) is 5.32 Å². The fraction of sp³-hybridized carbons (Fsp3) is 0.294. The van der Waals surface area contributed by atoms with Crippen LogP contribution in [0, 0.1) is 11.6 Å². The second kappa shape index (κ2) is 6.24. The zero-order valence-corrected chi connectivity index (χ0v) is 13.0. The molecule has 1 fully saturated rings. The summed E-state index contributed by atoms with van der Waals surface area (Å²) >= 11 is 3.36. The predicted octanol–water partition coefficient (Wildman–Crippen LogP) is 4.76. The molecule has 0 atom stereocenters. The van der Waals surface area contributed by atoms with Crippen LogP contribution in [0.15, 0.2) is 46.9 Å². The minimum Gasteiger partial charge on any atom is -0.310 e. The van der Waals surface area contributed by atoms with E-state index < -0.39 is 0 Å². The molecule has 1 N–H and O–H groups in total. The Labute approximate surface area is 131 Å². The normalized spacial score (nSPS) is 21.1. The fourth-order valence-electron chi connectivity index (χ4n) is 2.72. The van der Waals surface area contributed by atoms with Crippen LogP contribution in [0.2, 0.25) is 0 Å². The first-order valence-electron chi connectivity index (χ1n) is 7.04. The molecule has 2 aromatic carbocycles. The van der Waals surface area contributed by atoms with Crippen LogP contribution < -0.4 is 5.32 Å². The van der Waals surface area contributed by atoms with Crippen molar-refractivity contribution in [3.05, 3.63) is 69.7 Å². The van der Waals surface area contributed by atoms with Crippen LogP contribution in [-0.4, -0.2) is 6.04 Å². The first-order chi connectivity index (χ1) is 10.1. The van der Waals surface area contributed by atoms with Crippen LogP contribution >= 0.6 is 15.9 Å². The van der Waals surface area contributed by atoms with Crippen LogP contribution in [0.4, 0.5) is 8.78 Å². The molecule has 1 nitrogen and oxygen atoms in total. The molecular weight excluding hydrogens is 336 g/mol. The Kier molecular flexibility index (Phi) is 4.36. The van der Waals surface area contributed by atoms with Gasteiger partial charge in [0.1, 0.15) is 11.6 Å². The van der Waals surface area contributed by atoms with Crippen LogP contribution in [0.1, 0.15) is 29.9 Å². The third-order valence-corrected chi connectivity index (χ3v) is 4.56. The van der Waals surface area contributed by atoms with E-state index in [9.17, 15) is 8.78 Å². The highest BCUT2D eigenvalue weighted by atomic mass is 79.9. The summed E-state index contributed by atoms with van der Waals surface area (Å²) in [5.74, 6) is 0.105. The average Bonchev–Trinajstić information content (AvgIpc) is 2.42. The molecule has 0 aromatic heterocycles. The molecule has 1 aliphatic carbocycles. The Morgan fingerprint density at radius 2 is 1.76 bits per heavy atom. The number of hydrogen-bond acceptors (Lipinski definition) is 1. The summed E-state index contributed by atoms with van der Waals surface area (Å²) in [6.07, 6.45) is 2.03. The van der Waals surface area contributed by atoms with Crippen molar-refractivity contribution in [2.24, 2.45) is 0 Å². The van der Waals surface area contributed by atoms with E-state index >= 15 is 0 Å². The Balaban J connectivity index is 1.51. The van der Waals surface area contributed by atoms with Crippen molar-refractivity contribution in [1.29, 1.82) is 0 Å². The topological polar surface area (TPSA) is 12.0 Å². The standard InChI is InChI=1S/C17H16BrF2N/c18-14-3-6-17(20)13(7-14)10-21-16-8-12(9-16)11-1-4-15(19)5-2-11/h1-7,12,16,21H,8-10H2. The molecule has 1 aliphatic rings. The number of benzene rings is 2. The Morgan fingerprint density at radius 3 is 2.48 bits per heavy atom. The molecular formula is C17H16BrF2N. The molecule has 3 rings (SSSR count). The van der Waals surface area contributed by atoms with Crippen molar-refractivity contribution in [2.75, 3.05) is 0 Å². The maximum absolute atomic E-state index is 13.6. The lowest BCUT2D eigenvalue weighted by Crippen LogP contribution is -2.39. The van der Waals surface area contributed by atoms with Gasteiger partial charge in [0.15, 0.2) is 0 Å². The van der Waals surface area contributed by atoms with Crippen LogP contribution in [0.25, 0.3) is 0 Å². The monoisotopic (exact) mass is 351 g/mol. The molecule has 0 unspecified atom stereocenters. The molecule has 0 spiro atoms. The summed E-state index contributed by atoms with van der Waals surface area (Å²) in [7, 11) is 0. The Bertz CT molecular complexity index is 621. The lowest BCUT2D eigenvalue weighted by Gasteiger charge is -2.36. The summed E-state index contributed by atoms with van der Waals surface area (Å²) < 4.78 is 27.4. The van der Waals surface area contributed by atoms with E-state index in [2.05, 4.69) is 21.2 Å². The lowest BCUT2D eigenvalue weighted by molar-refractivity contribution is 0.288. The molecule has 0 bridgehead atoms. The second-order valence-corrected chi connectivity index (χ2v) is 6.45. The Hall–Kier alpha value is -1.26. The van der Waals surface area contributed by atoms with Gasteiger partial charge in [-0.2, -0.15) is 0 Å². The number of halogens is 3. The summed E-state index contributed by atoms with van der Waals surface area (Å²) in [6, 6.07) is 12.1. The molecule has 2 aromatic rings.